The molecule has 0 aliphatic rings. The van der Waals surface area contributed by atoms with Crippen LogP contribution in [0.4, 0.5) is 0 Å². The van der Waals surface area contributed by atoms with E-state index in [0.29, 0.717) is 25.3 Å². The molecule has 2 aromatic rings. The molecule has 2 rings (SSSR count). The molecule has 4 nitrogen and oxygen atoms in total. The van der Waals surface area contributed by atoms with Gasteiger partial charge in [-0.3, -0.25) is 9.59 Å². The van der Waals surface area contributed by atoms with Crippen LogP contribution in [0, 0.1) is 6.92 Å². The minimum absolute atomic E-state index is 0.00353. The van der Waals surface area contributed by atoms with Crippen molar-refractivity contribution in [1.29, 1.82) is 0 Å². The van der Waals surface area contributed by atoms with Gasteiger partial charge in [0.1, 0.15) is 6.04 Å². The van der Waals surface area contributed by atoms with E-state index in [1.807, 2.05) is 57.2 Å². The number of benzene rings is 2. The third-order valence-corrected chi connectivity index (χ3v) is 6.33. The van der Waals surface area contributed by atoms with Crippen molar-refractivity contribution in [2.45, 2.75) is 52.0 Å². The Hall–Kier alpha value is -1.79. The van der Waals surface area contributed by atoms with Crippen LogP contribution in [0.5, 0.6) is 0 Å². The van der Waals surface area contributed by atoms with Crippen molar-refractivity contribution in [2.75, 3.05) is 12.3 Å². The fourth-order valence-electron chi connectivity index (χ4n) is 3.10. The number of hydrogen-bond acceptors (Lipinski definition) is 3. The van der Waals surface area contributed by atoms with Gasteiger partial charge < -0.3 is 10.2 Å². The number of hydrogen-bond donors (Lipinski definition) is 1. The Morgan fingerprint density at radius 1 is 1.03 bits per heavy atom. The van der Waals surface area contributed by atoms with Gasteiger partial charge in [-0.25, -0.2) is 0 Å². The summed E-state index contributed by atoms with van der Waals surface area (Å²) in [7, 11) is 0. The molecule has 0 aliphatic carbocycles. The third kappa shape index (κ3) is 7.80. The predicted octanol–water partition coefficient (Wildman–Crippen LogP) is 5.32. The smallest absolute Gasteiger partial charge is 0.242 e. The summed E-state index contributed by atoms with van der Waals surface area (Å²) >= 11 is 5.02. The highest BCUT2D eigenvalue weighted by atomic mass is 79.9. The number of carbonyl (C=O) groups excluding carboxylic acids is 2. The molecule has 0 bridgehead atoms. The minimum atomic E-state index is -0.460. The highest BCUT2D eigenvalue weighted by molar-refractivity contribution is 9.10. The average molecular weight is 491 g/mol. The average Bonchev–Trinajstić information content (AvgIpc) is 2.74. The summed E-state index contributed by atoms with van der Waals surface area (Å²) in [5, 5.41) is 2.96. The summed E-state index contributed by atoms with van der Waals surface area (Å²) in [6, 6.07) is 15.8. The quantitative estimate of drug-likeness (QED) is 0.463. The second-order valence-corrected chi connectivity index (χ2v) is 9.24. The molecule has 0 aromatic heterocycles. The number of aryl methyl sites for hydroxylation is 1. The van der Waals surface area contributed by atoms with Crippen LogP contribution in [0.15, 0.2) is 53.0 Å². The molecule has 1 N–H and O–H groups in total. The number of amides is 2. The van der Waals surface area contributed by atoms with Crippen molar-refractivity contribution < 1.29 is 9.59 Å². The van der Waals surface area contributed by atoms with Crippen molar-refractivity contribution in [1.82, 2.24) is 10.2 Å². The molecule has 2 aromatic carbocycles. The van der Waals surface area contributed by atoms with Crippen molar-refractivity contribution in [2.24, 2.45) is 0 Å². The van der Waals surface area contributed by atoms with Crippen LogP contribution in [-0.4, -0.2) is 35.1 Å². The van der Waals surface area contributed by atoms with Gasteiger partial charge in [-0.1, -0.05) is 71.7 Å². The number of nitrogens with one attached hydrogen (secondary N) is 1. The summed E-state index contributed by atoms with van der Waals surface area (Å²) in [5.41, 5.74) is 3.39. The van der Waals surface area contributed by atoms with Crippen molar-refractivity contribution >= 4 is 39.5 Å². The maximum atomic E-state index is 13.2. The van der Waals surface area contributed by atoms with E-state index in [9.17, 15) is 9.59 Å². The Kier molecular flexibility index (Phi) is 10.4. The minimum Gasteiger partial charge on any atom is -0.354 e. The molecule has 0 saturated heterocycles. The molecule has 0 heterocycles. The van der Waals surface area contributed by atoms with E-state index in [1.165, 1.54) is 11.1 Å². The predicted molar refractivity (Wildman–Crippen MR) is 129 cm³/mol. The monoisotopic (exact) mass is 490 g/mol. The third-order valence-electron chi connectivity index (χ3n) is 4.82. The summed E-state index contributed by atoms with van der Waals surface area (Å²) in [6.07, 6.45) is 1.46. The molecule has 0 fully saturated rings. The molecule has 6 heteroatoms. The van der Waals surface area contributed by atoms with Gasteiger partial charge in [0, 0.05) is 23.3 Å². The fourth-order valence-corrected chi connectivity index (χ4v) is 4.23. The van der Waals surface area contributed by atoms with Crippen LogP contribution >= 0.6 is 27.7 Å². The maximum Gasteiger partial charge on any atom is 0.242 e. The molecule has 162 valence electrons. The SMILES string of the molecule is CCCNC(=O)C(CC)N(Cc1ccc(C)cc1)C(=O)CSCc1ccc(Br)cc1. The van der Waals surface area contributed by atoms with E-state index < -0.39 is 6.04 Å². The van der Waals surface area contributed by atoms with Crippen LogP contribution in [-0.2, 0) is 21.9 Å². The first-order valence-electron chi connectivity index (χ1n) is 10.4. The molecule has 0 saturated carbocycles. The molecule has 30 heavy (non-hydrogen) atoms. The second-order valence-electron chi connectivity index (χ2n) is 7.34. The van der Waals surface area contributed by atoms with Gasteiger partial charge in [-0.15, -0.1) is 11.8 Å². The maximum absolute atomic E-state index is 13.2. The Morgan fingerprint density at radius 3 is 2.27 bits per heavy atom. The van der Waals surface area contributed by atoms with Crippen molar-refractivity contribution in [3.63, 3.8) is 0 Å². The topological polar surface area (TPSA) is 49.4 Å². The van der Waals surface area contributed by atoms with Crippen molar-refractivity contribution in [3.05, 3.63) is 69.7 Å². The van der Waals surface area contributed by atoms with Gasteiger partial charge in [0.05, 0.1) is 5.75 Å². The number of thioether (sulfide) groups is 1. The Balaban J connectivity index is 2.09. The van der Waals surface area contributed by atoms with Crippen molar-refractivity contribution in [3.8, 4) is 0 Å². The molecule has 0 radical (unpaired) electrons. The number of carbonyl (C=O) groups is 2. The molecule has 1 atom stereocenters. The van der Waals surface area contributed by atoms with Gasteiger partial charge >= 0.3 is 0 Å². The summed E-state index contributed by atoms with van der Waals surface area (Å²) in [4.78, 5) is 27.6. The highest BCUT2D eigenvalue weighted by Crippen LogP contribution is 2.19. The van der Waals surface area contributed by atoms with Crippen LogP contribution in [0.2, 0.25) is 0 Å². The van der Waals surface area contributed by atoms with E-state index in [4.69, 9.17) is 0 Å². The highest BCUT2D eigenvalue weighted by Gasteiger charge is 2.28. The normalized spacial score (nSPS) is 11.7. The summed E-state index contributed by atoms with van der Waals surface area (Å²) in [5.74, 6) is 1.03. The molecule has 0 spiro atoms. The van der Waals surface area contributed by atoms with E-state index in [-0.39, 0.29) is 11.8 Å². The van der Waals surface area contributed by atoms with Gasteiger partial charge in [-0.05, 0) is 43.0 Å². The van der Waals surface area contributed by atoms with Gasteiger partial charge in [0.2, 0.25) is 11.8 Å². The van der Waals surface area contributed by atoms with E-state index in [1.54, 1.807) is 16.7 Å². The first kappa shape index (κ1) is 24.5. The summed E-state index contributed by atoms with van der Waals surface area (Å²) < 4.78 is 1.04. The lowest BCUT2D eigenvalue weighted by molar-refractivity contribution is -0.139. The van der Waals surface area contributed by atoms with E-state index >= 15 is 0 Å². The van der Waals surface area contributed by atoms with Crippen LogP contribution in [0.3, 0.4) is 0 Å². The van der Waals surface area contributed by atoms with Gasteiger partial charge in [0.15, 0.2) is 0 Å². The molecule has 2 amide bonds. The first-order chi connectivity index (χ1) is 14.4. The Labute approximate surface area is 192 Å². The largest absolute Gasteiger partial charge is 0.354 e. The molecule has 0 aliphatic heterocycles. The fraction of sp³-hybridized carbons (Fsp3) is 0.417. The zero-order valence-corrected chi connectivity index (χ0v) is 20.4. The first-order valence-corrected chi connectivity index (χ1v) is 12.3. The number of rotatable bonds is 11. The van der Waals surface area contributed by atoms with Crippen LogP contribution in [0.25, 0.3) is 0 Å². The zero-order chi connectivity index (χ0) is 21.9. The summed E-state index contributed by atoms with van der Waals surface area (Å²) in [6.45, 7) is 7.09. The standard InChI is InChI=1S/C24H31BrN2O2S/c1-4-14-26-24(29)22(5-2)27(15-19-8-6-18(3)7-9-19)23(28)17-30-16-20-10-12-21(25)13-11-20/h6-13,22H,4-5,14-17H2,1-3H3,(H,26,29). The lowest BCUT2D eigenvalue weighted by Gasteiger charge is -2.30. The number of nitrogens with zero attached hydrogens (tertiary/aromatic N) is 1. The molecular formula is C24H31BrN2O2S. The van der Waals surface area contributed by atoms with Gasteiger partial charge in [0.25, 0.3) is 0 Å². The molecular weight excluding hydrogens is 460 g/mol. The van der Waals surface area contributed by atoms with E-state index in [2.05, 4.69) is 33.4 Å². The number of halogens is 1. The lowest BCUT2D eigenvalue weighted by Crippen LogP contribution is -2.49. The van der Waals surface area contributed by atoms with Gasteiger partial charge in [-0.2, -0.15) is 0 Å². The van der Waals surface area contributed by atoms with Crippen LogP contribution < -0.4 is 5.32 Å². The zero-order valence-electron chi connectivity index (χ0n) is 18.0. The second kappa shape index (κ2) is 12.8. The Bertz CT molecular complexity index is 809. The lowest BCUT2D eigenvalue weighted by atomic mass is 10.1. The van der Waals surface area contributed by atoms with Crippen LogP contribution in [0.1, 0.15) is 43.4 Å². The molecule has 1 unspecified atom stereocenters. The van der Waals surface area contributed by atoms with E-state index in [0.717, 1.165) is 22.2 Å². The Morgan fingerprint density at radius 2 is 1.67 bits per heavy atom.